The molecule has 0 aromatic heterocycles. The van der Waals surface area contributed by atoms with E-state index < -0.39 is 12.1 Å². The zero-order chi connectivity index (χ0) is 9.68. The van der Waals surface area contributed by atoms with Crippen molar-refractivity contribution < 1.29 is 14.6 Å². The van der Waals surface area contributed by atoms with Crippen LogP contribution in [0.1, 0.15) is 45.4 Å². The van der Waals surface area contributed by atoms with E-state index in [1.807, 2.05) is 0 Å². The van der Waals surface area contributed by atoms with Crippen molar-refractivity contribution >= 4 is 5.97 Å². The van der Waals surface area contributed by atoms with E-state index in [1.54, 1.807) is 0 Å². The van der Waals surface area contributed by atoms with Gasteiger partial charge in [0.05, 0.1) is 6.10 Å². The van der Waals surface area contributed by atoms with Crippen LogP contribution in [0.2, 0.25) is 0 Å². The summed E-state index contributed by atoms with van der Waals surface area (Å²) in [5.74, 6) is -0.807. The van der Waals surface area contributed by atoms with Gasteiger partial charge in [0.2, 0.25) is 0 Å². The number of carboxylic acid groups (broad SMARTS) is 1. The van der Waals surface area contributed by atoms with Crippen molar-refractivity contribution in [3.05, 3.63) is 0 Å². The normalized spacial score (nSPS) is 25.9. The highest BCUT2D eigenvalue weighted by Gasteiger charge is 2.44. The number of unbranched alkanes of at least 4 members (excludes halogenated alkanes) is 4. The Labute approximate surface area is 79.1 Å². The van der Waals surface area contributed by atoms with Gasteiger partial charge < -0.3 is 9.84 Å². The Kier molecular flexibility index (Phi) is 4.22. The lowest BCUT2D eigenvalue weighted by Gasteiger charge is -1.96. The van der Waals surface area contributed by atoms with Crippen LogP contribution in [0, 0.1) is 0 Å². The van der Waals surface area contributed by atoms with E-state index in [2.05, 4.69) is 6.92 Å². The second kappa shape index (κ2) is 5.22. The Morgan fingerprint density at radius 3 is 2.54 bits per heavy atom. The molecule has 0 amide bonds. The molecule has 1 saturated heterocycles. The summed E-state index contributed by atoms with van der Waals surface area (Å²) in [6.07, 6.45) is 6.55. The lowest BCUT2D eigenvalue weighted by molar-refractivity contribution is -0.138. The Hall–Kier alpha value is -0.570. The zero-order valence-corrected chi connectivity index (χ0v) is 8.16. The summed E-state index contributed by atoms with van der Waals surface area (Å²) >= 11 is 0. The number of hydrogen-bond acceptors (Lipinski definition) is 2. The minimum atomic E-state index is -0.807. The van der Waals surface area contributed by atoms with Gasteiger partial charge in [-0.15, -0.1) is 0 Å². The maximum absolute atomic E-state index is 10.4. The van der Waals surface area contributed by atoms with Gasteiger partial charge in [-0.3, -0.25) is 0 Å². The van der Waals surface area contributed by atoms with E-state index >= 15 is 0 Å². The van der Waals surface area contributed by atoms with Gasteiger partial charge >= 0.3 is 5.97 Å². The first-order chi connectivity index (χ1) is 6.25. The van der Waals surface area contributed by atoms with Gasteiger partial charge in [-0.1, -0.05) is 39.0 Å². The lowest BCUT2D eigenvalue weighted by Crippen LogP contribution is -2.07. The number of epoxide rings is 1. The van der Waals surface area contributed by atoms with Crippen molar-refractivity contribution in [2.75, 3.05) is 0 Å². The van der Waals surface area contributed by atoms with E-state index in [0.29, 0.717) is 0 Å². The van der Waals surface area contributed by atoms with Crippen LogP contribution in [0.25, 0.3) is 0 Å². The molecule has 0 unspecified atom stereocenters. The third-order valence-electron chi connectivity index (χ3n) is 2.42. The predicted octanol–water partition coefficient (Wildman–Crippen LogP) is 2.20. The molecule has 1 rings (SSSR count). The summed E-state index contributed by atoms with van der Waals surface area (Å²) in [4.78, 5) is 10.4. The summed E-state index contributed by atoms with van der Waals surface area (Å²) in [5, 5.41) is 8.54. The van der Waals surface area contributed by atoms with E-state index in [0.717, 1.165) is 12.8 Å². The van der Waals surface area contributed by atoms with Gasteiger partial charge in [-0.05, 0) is 6.42 Å². The van der Waals surface area contributed by atoms with E-state index in [-0.39, 0.29) is 6.10 Å². The molecule has 76 valence electrons. The molecule has 1 aliphatic rings. The summed E-state index contributed by atoms with van der Waals surface area (Å²) < 4.78 is 4.99. The number of ether oxygens (including phenoxy) is 1. The SMILES string of the molecule is CCCCCCC[C@H]1O[C@H]1C(=O)O. The second-order valence-corrected chi connectivity index (χ2v) is 3.64. The standard InChI is InChI=1S/C10H18O3/c1-2-3-4-5-6-7-8-9(13-8)10(11)12/h8-9H,2-7H2,1H3,(H,11,12)/t8-,9-/m1/s1. The van der Waals surface area contributed by atoms with Crippen LogP contribution >= 0.6 is 0 Å². The Bertz CT molecular complexity index is 168. The minimum absolute atomic E-state index is 0.0131. The average molecular weight is 186 g/mol. The van der Waals surface area contributed by atoms with Crippen LogP contribution in [-0.2, 0) is 9.53 Å². The van der Waals surface area contributed by atoms with Crippen molar-refractivity contribution in [3.63, 3.8) is 0 Å². The molecule has 3 heteroatoms. The minimum Gasteiger partial charge on any atom is -0.479 e. The fourth-order valence-electron chi connectivity index (χ4n) is 1.53. The highest BCUT2D eigenvalue weighted by Crippen LogP contribution is 2.27. The second-order valence-electron chi connectivity index (χ2n) is 3.64. The largest absolute Gasteiger partial charge is 0.479 e. The van der Waals surface area contributed by atoms with E-state index in [1.165, 1.54) is 25.7 Å². The molecule has 0 bridgehead atoms. The van der Waals surface area contributed by atoms with Crippen LogP contribution in [0.3, 0.4) is 0 Å². The van der Waals surface area contributed by atoms with Gasteiger partial charge in [-0.25, -0.2) is 4.79 Å². The van der Waals surface area contributed by atoms with Crippen molar-refractivity contribution in [1.29, 1.82) is 0 Å². The first kappa shape index (κ1) is 10.5. The topological polar surface area (TPSA) is 49.8 Å². The first-order valence-electron chi connectivity index (χ1n) is 5.14. The highest BCUT2D eigenvalue weighted by molar-refractivity contribution is 5.75. The average Bonchev–Trinajstić information content (AvgIpc) is 2.83. The number of hydrogen-bond donors (Lipinski definition) is 1. The van der Waals surface area contributed by atoms with Crippen LogP contribution in [-0.4, -0.2) is 23.3 Å². The molecular weight excluding hydrogens is 168 g/mol. The molecule has 0 aromatic carbocycles. The van der Waals surface area contributed by atoms with Crippen LogP contribution in [0.15, 0.2) is 0 Å². The number of carboxylic acids is 1. The fourth-order valence-corrected chi connectivity index (χ4v) is 1.53. The molecule has 2 atom stereocenters. The molecule has 1 aliphatic heterocycles. The molecule has 1 heterocycles. The summed E-state index contributed by atoms with van der Waals surface area (Å²) in [5.41, 5.74) is 0. The third-order valence-corrected chi connectivity index (χ3v) is 2.42. The van der Waals surface area contributed by atoms with E-state index in [4.69, 9.17) is 9.84 Å². The monoisotopic (exact) mass is 186 g/mol. The number of rotatable bonds is 7. The molecule has 0 aromatic rings. The smallest absolute Gasteiger partial charge is 0.335 e. The van der Waals surface area contributed by atoms with Crippen molar-refractivity contribution in [3.8, 4) is 0 Å². The van der Waals surface area contributed by atoms with Crippen LogP contribution in [0.4, 0.5) is 0 Å². The molecule has 0 radical (unpaired) electrons. The van der Waals surface area contributed by atoms with Crippen molar-refractivity contribution in [2.24, 2.45) is 0 Å². The van der Waals surface area contributed by atoms with Gasteiger partial charge in [0.1, 0.15) is 0 Å². The van der Waals surface area contributed by atoms with Crippen LogP contribution in [0.5, 0.6) is 0 Å². The summed E-state index contributed by atoms with van der Waals surface area (Å²) in [6.45, 7) is 2.18. The van der Waals surface area contributed by atoms with Crippen molar-refractivity contribution in [2.45, 2.75) is 57.7 Å². The fraction of sp³-hybridized carbons (Fsp3) is 0.900. The quantitative estimate of drug-likeness (QED) is 0.490. The summed E-state index contributed by atoms with van der Waals surface area (Å²) in [7, 11) is 0. The zero-order valence-electron chi connectivity index (χ0n) is 8.16. The number of carbonyl (C=O) groups is 1. The van der Waals surface area contributed by atoms with Gasteiger partial charge in [0.25, 0.3) is 0 Å². The van der Waals surface area contributed by atoms with Crippen molar-refractivity contribution in [1.82, 2.24) is 0 Å². The molecule has 0 spiro atoms. The first-order valence-corrected chi connectivity index (χ1v) is 5.14. The molecular formula is C10H18O3. The molecule has 3 nitrogen and oxygen atoms in total. The maximum Gasteiger partial charge on any atom is 0.335 e. The van der Waals surface area contributed by atoms with Gasteiger partial charge in [-0.2, -0.15) is 0 Å². The van der Waals surface area contributed by atoms with Gasteiger partial charge in [0.15, 0.2) is 6.10 Å². The van der Waals surface area contributed by atoms with Gasteiger partial charge in [0, 0.05) is 0 Å². The van der Waals surface area contributed by atoms with Crippen LogP contribution < -0.4 is 0 Å². The molecule has 1 N–H and O–H groups in total. The predicted molar refractivity (Wildman–Crippen MR) is 49.7 cm³/mol. The Balaban J connectivity index is 1.88. The Morgan fingerprint density at radius 2 is 2.00 bits per heavy atom. The Morgan fingerprint density at radius 1 is 1.31 bits per heavy atom. The lowest BCUT2D eigenvalue weighted by atomic mass is 10.1. The highest BCUT2D eigenvalue weighted by atomic mass is 16.6. The maximum atomic E-state index is 10.4. The summed E-state index contributed by atoms with van der Waals surface area (Å²) in [6, 6.07) is 0. The third kappa shape index (κ3) is 3.77. The number of aliphatic carboxylic acids is 1. The molecule has 0 aliphatic carbocycles. The molecule has 1 fully saturated rings. The molecule has 0 saturated carbocycles. The van der Waals surface area contributed by atoms with E-state index in [9.17, 15) is 4.79 Å². The molecule has 13 heavy (non-hydrogen) atoms.